The fourth-order valence-electron chi connectivity index (χ4n) is 2.22. The van der Waals surface area contributed by atoms with Crippen molar-refractivity contribution in [1.29, 1.82) is 0 Å². The second kappa shape index (κ2) is 9.13. The summed E-state index contributed by atoms with van der Waals surface area (Å²) >= 11 is 1.60. The minimum Gasteiger partial charge on any atom is -0.365 e. The maximum Gasteiger partial charge on any atom is 0.255 e. The van der Waals surface area contributed by atoms with Gasteiger partial charge in [0.15, 0.2) is 5.17 Å². The lowest BCUT2D eigenvalue weighted by Crippen LogP contribution is -2.22. The van der Waals surface area contributed by atoms with Gasteiger partial charge in [0.1, 0.15) is 0 Å². The van der Waals surface area contributed by atoms with Crippen LogP contribution in [0.1, 0.15) is 21.5 Å². The quantitative estimate of drug-likeness (QED) is 0.644. The summed E-state index contributed by atoms with van der Waals surface area (Å²) < 4.78 is 0. The van der Waals surface area contributed by atoms with Crippen LogP contribution in [0, 0.1) is 6.92 Å². The summed E-state index contributed by atoms with van der Waals surface area (Å²) in [5.41, 5.74) is 3.82. The Balaban J connectivity index is 1.87. The van der Waals surface area contributed by atoms with E-state index < -0.39 is 0 Å². The van der Waals surface area contributed by atoms with Crippen molar-refractivity contribution in [3.05, 3.63) is 65.2 Å². The largest absolute Gasteiger partial charge is 0.365 e. The summed E-state index contributed by atoms with van der Waals surface area (Å²) in [6.45, 7) is 2.84. The smallest absolute Gasteiger partial charge is 0.255 e. The fourth-order valence-corrected chi connectivity index (χ4v) is 2.65. The predicted octanol–water partition coefficient (Wildman–Crippen LogP) is 3.73. The fraction of sp³-hybridized carbons (Fsp3) is 0.263. The Morgan fingerprint density at radius 2 is 1.75 bits per heavy atom. The molecule has 126 valence electrons. The van der Waals surface area contributed by atoms with Crippen molar-refractivity contribution in [2.24, 2.45) is 4.99 Å². The van der Waals surface area contributed by atoms with Gasteiger partial charge in [-0.25, -0.2) is 0 Å². The lowest BCUT2D eigenvalue weighted by Gasteiger charge is -2.08. The first-order valence-electron chi connectivity index (χ1n) is 7.84. The van der Waals surface area contributed by atoms with E-state index in [-0.39, 0.29) is 5.91 Å². The summed E-state index contributed by atoms with van der Waals surface area (Å²) in [5.74, 6) is -0.0896. The highest BCUT2D eigenvalue weighted by Crippen LogP contribution is 2.12. The average Bonchev–Trinajstić information content (AvgIpc) is 2.60. The number of thioether (sulfide) groups is 1. The lowest BCUT2D eigenvalue weighted by molar-refractivity contribution is 0.102. The van der Waals surface area contributed by atoms with Crippen LogP contribution in [0.3, 0.4) is 0 Å². The second-order valence-corrected chi connectivity index (χ2v) is 6.22. The molecule has 1 amide bonds. The molecule has 2 N–H and O–H groups in total. The molecule has 4 nitrogen and oxygen atoms in total. The molecule has 2 aromatic carbocycles. The number of hydrogen-bond donors (Lipinski definition) is 2. The number of rotatable bonds is 5. The van der Waals surface area contributed by atoms with Gasteiger partial charge in [-0.05, 0) is 49.4 Å². The number of aliphatic imine (C=N–C) groups is 1. The molecule has 5 heteroatoms. The van der Waals surface area contributed by atoms with Crippen molar-refractivity contribution in [3.8, 4) is 0 Å². The van der Waals surface area contributed by atoms with Gasteiger partial charge in [-0.2, -0.15) is 0 Å². The van der Waals surface area contributed by atoms with Crippen molar-refractivity contribution in [2.45, 2.75) is 13.3 Å². The molecule has 2 rings (SSSR count). The number of nitrogens with zero attached hydrogens (tertiary/aromatic N) is 1. The zero-order chi connectivity index (χ0) is 17.4. The molecule has 24 heavy (non-hydrogen) atoms. The SMILES string of the molecule is CN=C(NCCc1ccc(NC(=O)c2ccc(C)cc2)cc1)SC. The third-order valence-corrected chi connectivity index (χ3v) is 4.33. The Hall–Kier alpha value is -2.27. The Morgan fingerprint density at radius 1 is 1.08 bits per heavy atom. The standard InChI is InChI=1S/C19H23N3OS/c1-14-4-8-16(9-5-14)18(23)22-17-10-6-15(7-11-17)12-13-21-19(20-2)24-3/h4-11H,12-13H2,1-3H3,(H,20,21)(H,22,23). The van der Waals surface area contributed by atoms with Crippen molar-refractivity contribution in [3.63, 3.8) is 0 Å². The van der Waals surface area contributed by atoms with Crippen LogP contribution in [0.2, 0.25) is 0 Å². The number of aryl methyl sites for hydroxylation is 1. The molecule has 0 saturated carbocycles. The molecule has 0 fully saturated rings. The molecule has 0 spiro atoms. The molecule has 0 atom stereocenters. The summed E-state index contributed by atoms with van der Waals surface area (Å²) in [7, 11) is 1.78. The third-order valence-electron chi connectivity index (χ3n) is 3.61. The van der Waals surface area contributed by atoms with Gasteiger partial charge >= 0.3 is 0 Å². The first kappa shape index (κ1) is 18.1. The number of nitrogens with one attached hydrogen (secondary N) is 2. The van der Waals surface area contributed by atoms with Crippen LogP contribution in [0.25, 0.3) is 0 Å². The van der Waals surface area contributed by atoms with Gasteiger partial charge in [-0.15, -0.1) is 0 Å². The molecule has 0 aliphatic rings. The zero-order valence-corrected chi connectivity index (χ0v) is 15.1. The normalized spacial score (nSPS) is 11.2. The molecular formula is C19H23N3OS. The topological polar surface area (TPSA) is 53.5 Å². The molecule has 2 aromatic rings. The number of carbonyl (C=O) groups excluding carboxylic acids is 1. The highest BCUT2D eigenvalue weighted by Gasteiger charge is 2.05. The maximum absolute atomic E-state index is 12.2. The maximum atomic E-state index is 12.2. The van der Waals surface area contributed by atoms with Crippen molar-refractivity contribution < 1.29 is 4.79 Å². The number of anilines is 1. The zero-order valence-electron chi connectivity index (χ0n) is 14.3. The Bertz CT molecular complexity index is 694. The van der Waals surface area contributed by atoms with E-state index in [1.54, 1.807) is 18.8 Å². The summed E-state index contributed by atoms with van der Waals surface area (Å²) in [6, 6.07) is 15.5. The van der Waals surface area contributed by atoms with Gasteiger partial charge < -0.3 is 10.6 Å². The predicted molar refractivity (Wildman–Crippen MR) is 104 cm³/mol. The molecule has 0 heterocycles. The van der Waals surface area contributed by atoms with Gasteiger partial charge in [0, 0.05) is 24.8 Å². The van der Waals surface area contributed by atoms with E-state index in [0.29, 0.717) is 5.56 Å². The van der Waals surface area contributed by atoms with E-state index in [9.17, 15) is 4.79 Å². The van der Waals surface area contributed by atoms with Gasteiger partial charge in [0.25, 0.3) is 5.91 Å². The summed E-state index contributed by atoms with van der Waals surface area (Å²) in [6.07, 6.45) is 2.91. The van der Waals surface area contributed by atoms with Crippen molar-refractivity contribution >= 4 is 28.5 Å². The van der Waals surface area contributed by atoms with Crippen LogP contribution < -0.4 is 10.6 Å². The van der Waals surface area contributed by atoms with Crippen molar-refractivity contribution in [1.82, 2.24) is 5.32 Å². The molecular weight excluding hydrogens is 318 g/mol. The molecule has 0 saturated heterocycles. The van der Waals surface area contributed by atoms with E-state index in [1.165, 1.54) is 5.56 Å². The Labute approximate surface area is 147 Å². The van der Waals surface area contributed by atoms with E-state index in [0.717, 1.165) is 29.4 Å². The summed E-state index contributed by atoms with van der Waals surface area (Å²) in [5, 5.41) is 7.15. The first-order valence-corrected chi connectivity index (χ1v) is 9.06. The molecule has 0 unspecified atom stereocenters. The lowest BCUT2D eigenvalue weighted by atomic mass is 10.1. The van der Waals surface area contributed by atoms with E-state index in [4.69, 9.17) is 0 Å². The Kier molecular flexibility index (Phi) is 6.88. The number of benzene rings is 2. The van der Waals surface area contributed by atoms with Gasteiger partial charge in [-0.3, -0.25) is 9.79 Å². The van der Waals surface area contributed by atoms with Crippen LogP contribution in [-0.4, -0.2) is 30.9 Å². The van der Waals surface area contributed by atoms with Gasteiger partial charge in [0.05, 0.1) is 0 Å². The molecule has 0 aromatic heterocycles. The van der Waals surface area contributed by atoms with Crippen molar-refractivity contribution in [2.75, 3.05) is 25.2 Å². The highest BCUT2D eigenvalue weighted by atomic mass is 32.2. The average molecular weight is 341 g/mol. The minimum atomic E-state index is -0.0896. The van der Waals surface area contributed by atoms with Crippen LogP contribution >= 0.6 is 11.8 Å². The molecule has 0 bridgehead atoms. The number of amides is 1. The van der Waals surface area contributed by atoms with Crippen LogP contribution in [-0.2, 0) is 6.42 Å². The minimum absolute atomic E-state index is 0.0896. The summed E-state index contributed by atoms with van der Waals surface area (Å²) in [4.78, 5) is 16.3. The van der Waals surface area contributed by atoms with Gasteiger partial charge in [-0.1, -0.05) is 41.6 Å². The monoisotopic (exact) mass is 341 g/mol. The molecule has 0 aliphatic carbocycles. The van der Waals surface area contributed by atoms with Crippen LogP contribution in [0.5, 0.6) is 0 Å². The molecule has 0 radical (unpaired) electrons. The van der Waals surface area contributed by atoms with Gasteiger partial charge in [0.2, 0.25) is 0 Å². The van der Waals surface area contributed by atoms with E-state index >= 15 is 0 Å². The third kappa shape index (κ3) is 5.42. The van der Waals surface area contributed by atoms with Crippen LogP contribution in [0.4, 0.5) is 5.69 Å². The second-order valence-electron chi connectivity index (χ2n) is 5.43. The van der Waals surface area contributed by atoms with E-state index in [1.807, 2.05) is 61.7 Å². The number of hydrogen-bond acceptors (Lipinski definition) is 3. The Morgan fingerprint density at radius 3 is 2.33 bits per heavy atom. The van der Waals surface area contributed by atoms with E-state index in [2.05, 4.69) is 15.6 Å². The number of amidine groups is 1. The number of carbonyl (C=O) groups is 1. The van der Waals surface area contributed by atoms with Crippen LogP contribution in [0.15, 0.2) is 53.5 Å². The highest BCUT2D eigenvalue weighted by molar-refractivity contribution is 8.13. The first-order chi connectivity index (χ1) is 11.6. The molecule has 0 aliphatic heterocycles.